The van der Waals surface area contributed by atoms with Crippen molar-refractivity contribution in [2.45, 2.75) is 45.6 Å². The number of aromatic nitrogens is 2. The first-order valence-electron chi connectivity index (χ1n) is 10.6. The molecule has 1 aliphatic carbocycles. The van der Waals surface area contributed by atoms with Gasteiger partial charge in [0.2, 0.25) is 0 Å². The lowest BCUT2D eigenvalue weighted by molar-refractivity contribution is 0.0950. The van der Waals surface area contributed by atoms with Crippen LogP contribution in [-0.4, -0.2) is 28.2 Å². The Morgan fingerprint density at radius 1 is 1.06 bits per heavy atom. The first-order valence-corrected chi connectivity index (χ1v) is 10.6. The van der Waals surface area contributed by atoms with Gasteiger partial charge in [0.1, 0.15) is 11.4 Å². The van der Waals surface area contributed by atoms with Gasteiger partial charge in [0.25, 0.3) is 5.91 Å². The molecule has 0 atom stereocenters. The van der Waals surface area contributed by atoms with Gasteiger partial charge in [-0.3, -0.25) is 9.78 Å². The summed E-state index contributed by atoms with van der Waals surface area (Å²) in [7, 11) is 0. The summed E-state index contributed by atoms with van der Waals surface area (Å²) >= 11 is 0. The number of hydrogen-bond acceptors (Lipinski definition) is 5. The number of hydrazone groups is 1. The first-order chi connectivity index (χ1) is 15.1. The molecule has 1 N–H and O–H groups in total. The number of hydrogen-bond donors (Lipinski definition) is 1. The van der Waals surface area contributed by atoms with E-state index in [1.165, 1.54) is 19.0 Å². The number of rotatable bonds is 6. The standard InChI is InChI=1S/C25H26N4O2/c1-17-11-18(2)13-19(12-17)14-27-29-25(30)24-16-26-15-23(28-24)20-7-9-22(10-8-20)31-21-5-3-4-6-21/h7-16,21H,3-6H2,1-2H3,(H,29,30)/b27-14+. The number of ether oxygens (including phenoxy) is 1. The van der Waals surface area contributed by atoms with E-state index >= 15 is 0 Å². The lowest BCUT2D eigenvalue weighted by atomic mass is 10.1. The Labute approximate surface area is 182 Å². The van der Waals surface area contributed by atoms with Crippen molar-refractivity contribution < 1.29 is 9.53 Å². The maximum Gasteiger partial charge on any atom is 0.291 e. The Balaban J connectivity index is 1.41. The Kier molecular flexibility index (Phi) is 6.36. The van der Waals surface area contributed by atoms with Crippen molar-refractivity contribution in [3.05, 3.63) is 77.2 Å². The number of carbonyl (C=O) groups excluding carboxylic acids is 1. The molecule has 0 unspecified atom stereocenters. The molecule has 2 aromatic carbocycles. The van der Waals surface area contributed by atoms with Crippen molar-refractivity contribution in [2.24, 2.45) is 5.10 Å². The van der Waals surface area contributed by atoms with Gasteiger partial charge in [-0.05, 0) is 69.4 Å². The lowest BCUT2D eigenvalue weighted by Gasteiger charge is -2.13. The summed E-state index contributed by atoms with van der Waals surface area (Å²) in [5, 5.41) is 4.05. The van der Waals surface area contributed by atoms with Gasteiger partial charge in [0.15, 0.2) is 0 Å². The summed E-state index contributed by atoms with van der Waals surface area (Å²) in [6.07, 6.45) is 9.74. The zero-order chi connectivity index (χ0) is 21.6. The summed E-state index contributed by atoms with van der Waals surface area (Å²) in [5.74, 6) is 0.453. The van der Waals surface area contributed by atoms with Crippen LogP contribution in [0.25, 0.3) is 11.3 Å². The average Bonchev–Trinajstić information content (AvgIpc) is 3.27. The monoisotopic (exact) mass is 414 g/mol. The molecule has 1 amide bonds. The largest absolute Gasteiger partial charge is 0.490 e. The fourth-order valence-corrected chi connectivity index (χ4v) is 3.82. The number of amides is 1. The van der Waals surface area contributed by atoms with Crippen LogP contribution in [0.3, 0.4) is 0 Å². The normalized spacial score (nSPS) is 14.1. The second kappa shape index (κ2) is 9.51. The summed E-state index contributed by atoms with van der Waals surface area (Å²) in [6.45, 7) is 4.05. The van der Waals surface area contributed by atoms with Crippen LogP contribution in [0.2, 0.25) is 0 Å². The van der Waals surface area contributed by atoms with E-state index in [4.69, 9.17) is 4.74 Å². The highest BCUT2D eigenvalue weighted by molar-refractivity contribution is 5.93. The maximum atomic E-state index is 12.5. The third-order valence-electron chi connectivity index (χ3n) is 5.25. The van der Waals surface area contributed by atoms with Crippen LogP contribution >= 0.6 is 0 Å². The van der Waals surface area contributed by atoms with Crippen LogP contribution in [0, 0.1) is 13.8 Å². The predicted molar refractivity (Wildman–Crippen MR) is 121 cm³/mol. The quantitative estimate of drug-likeness (QED) is 0.462. The Hall–Kier alpha value is -3.54. The van der Waals surface area contributed by atoms with Crippen molar-refractivity contribution in [1.82, 2.24) is 15.4 Å². The minimum absolute atomic E-state index is 0.210. The van der Waals surface area contributed by atoms with Crippen LogP contribution in [0.5, 0.6) is 5.75 Å². The van der Waals surface area contributed by atoms with Gasteiger partial charge in [0, 0.05) is 5.56 Å². The van der Waals surface area contributed by atoms with E-state index < -0.39 is 5.91 Å². The lowest BCUT2D eigenvalue weighted by Crippen LogP contribution is -2.19. The number of benzene rings is 2. The van der Waals surface area contributed by atoms with E-state index in [-0.39, 0.29) is 5.69 Å². The minimum atomic E-state index is -0.406. The van der Waals surface area contributed by atoms with Gasteiger partial charge in [0.05, 0.1) is 30.4 Å². The minimum Gasteiger partial charge on any atom is -0.490 e. The summed E-state index contributed by atoms with van der Waals surface area (Å²) in [5.41, 5.74) is 7.45. The predicted octanol–water partition coefficient (Wildman–Crippen LogP) is 4.85. The molecule has 1 aliphatic rings. The summed E-state index contributed by atoms with van der Waals surface area (Å²) < 4.78 is 6.01. The molecule has 1 aromatic heterocycles. The van der Waals surface area contributed by atoms with Crippen LogP contribution in [0.1, 0.15) is 52.9 Å². The molecule has 1 saturated carbocycles. The molecule has 4 rings (SSSR count). The molecular formula is C25H26N4O2. The molecule has 3 aromatic rings. The van der Waals surface area contributed by atoms with Gasteiger partial charge < -0.3 is 4.74 Å². The summed E-state index contributed by atoms with van der Waals surface area (Å²) in [6, 6.07) is 13.9. The SMILES string of the molecule is Cc1cc(C)cc(/C=N/NC(=O)c2cncc(-c3ccc(OC4CCCC4)cc3)n2)c1. The zero-order valence-electron chi connectivity index (χ0n) is 17.8. The van der Waals surface area contributed by atoms with Gasteiger partial charge in [-0.1, -0.05) is 29.3 Å². The topological polar surface area (TPSA) is 76.5 Å². The van der Waals surface area contributed by atoms with E-state index in [2.05, 4.69) is 26.6 Å². The van der Waals surface area contributed by atoms with Gasteiger partial charge >= 0.3 is 0 Å². The highest BCUT2D eigenvalue weighted by Crippen LogP contribution is 2.26. The van der Waals surface area contributed by atoms with Crippen LogP contribution in [0.15, 0.2) is 60.0 Å². The molecule has 1 heterocycles. The number of nitrogens with zero attached hydrogens (tertiary/aromatic N) is 3. The van der Waals surface area contributed by atoms with Gasteiger partial charge in [-0.2, -0.15) is 5.10 Å². The molecule has 0 bridgehead atoms. The third-order valence-corrected chi connectivity index (χ3v) is 5.25. The fraction of sp³-hybridized carbons (Fsp3) is 0.280. The molecule has 1 fully saturated rings. The second-order valence-corrected chi connectivity index (χ2v) is 7.96. The molecular weight excluding hydrogens is 388 g/mol. The van der Waals surface area contributed by atoms with E-state index in [1.54, 1.807) is 12.4 Å². The average molecular weight is 415 g/mol. The van der Waals surface area contributed by atoms with Crippen molar-refractivity contribution in [3.8, 4) is 17.0 Å². The second-order valence-electron chi connectivity index (χ2n) is 7.96. The van der Waals surface area contributed by atoms with E-state index in [0.717, 1.165) is 40.8 Å². The highest BCUT2D eigenvalue weighted by Gasteiger charge is 2.16. The van der Waals surface area contributed by atoms with E-state index in [9.17, 15) is 4.79 Å². The summed E-state index contributed by atoms with van der Waals surface area (Å²) in [4.78, 5) is 21.1. The van der Waals surface area contributed by atoms with Crippen molar-refractivity contribution in [3.63, 3.8) is 0 Å². The third kappa shape index (κ3) is 5.54. The zero-order valence-corrected chi connectivity index (χ0v) is 17.8. The Morgan fingerprint density at radius 3 is 2.48 bits per heavy atom. The molecule has 31 heavy (non-hydrogen) atoms. The molecule has 0 aliphatic heterocycles. The van der Waals surface area contributed by atoms with Crippen molar-refractivity contribution in [2.75, 3.05) is 0 Å². The maximum absolute atomic E-state index is 12.5. The molecule has 0 radical (unpaired) electrons. The van der Waals surface area contributed by atoms with E-state index in [1.807, 2.05) is 50.2 Å². The smallest absolute Gasteiger partial charge is 0.291 e. The van der Waals surface area contributed by atoms with Crippen LogP contribution < -0.4 is 10.2 Å². The number of carbonyl (C=O) groups is 1. The van der Waals surface area contributed by atoms with Crippen molar-refractivity contribution >= 4 is 12.1 Å². The highest BCUT2D eigenvalue weighted by atomic mass is 16.5. The van der Waals surface area contributed by atoms with Gasteiger partial charge in [-0.15, -0.1) is 0 Å². The molecule has 0 saturated heterocycles. The van der Waals surface area contributed by atoms with Crippen molar-refractivity contribution in [1.29, 1.82) is 0 Å². The van der Waals surface area contributed by atoms with E-state index in [0.29, 0.717) is 11.8 Å². The number of aryl methyl sites for hydroxylation is 2. The van der Waals surface area contributed by atoms with Crippen LogP contribution in [-0.2, 0) is 0 Å². The number of nitrogens with one attached hydrogen (secondary N) is 1. The van der Waals surface area contributed by atoms with Crippen LogP contribution in [0.4, 0.5) is 0 Å². The molecule has 0 spiro atoms. The Bertz CT molecular complexity index is 1070. The molecule has 6 heteroatoms. The fourth-order valence-electron chi connectivity index (χ4n) is 3.82. The van der Waals surface area contributed by atoms with Gasteiger partial charge in [-0.25, -0.2) is 10.4 Å². The molecule has 158 valence electrons. The Morgan fingerprint density at radius 2 is 1.77 bits per heavy atom. The molecule has 6 nitrogen and oxygen atoms in total. The first kappa shape index (κ1) is 20.7.